The Labute approximate surface area is 111 Å². The van der Waals surface area contributed by atoms with Crippen LogP contribution in [-0.2, 0) is 12.8 Å². The van der Waals surface area contributed by atoms with Gasteiger partial charge in [0.2, 0.25) is 0 Å². The molecule has 1 atom stereocenters. The van der Waals surface area contributed by atoms with Crippen LogP contribution in [0.4, 0.5) is 0 Å². The number of H-pyrrole nitrogens is 1. The molecule has 4 heteroatoms. The molecule has 1 aromatic heterocycles. The van der Waals surface area contributed by atoms with Gasteiger partial charge in [0, 0.05) is 23.1 Å². The lowest BCUT2D eigenvalue weighted by Crippen LogP contribution is -2.36. The summed E-state index contributed by atoms with van der Waals surface area (Å²) in [6, 6.07) is 3.92. The van der Waals surface area contributed by atoms with Gasteiger partial charge in [-0.15, -0.1) is 0 Å². The van der Waals surface area contributed by atoms with Gasteiger partial charge in [-0.25, -0.2) is 4.79 Å². The molecule has 0 aliphatic heterocycles. The Bertz CT molecular complexity index is 630. The smallest absolute Gasteiger partial charge is 0.335 e. The van der Waals surface area contributed by atoms with E-state index in [2.05, 4.69) is 17.2 Å². The number of benzene rings is 1. The summed E-state index contributed by atoms with van der Waals surface area (Å²) in [5.41, 5.74) is 3.69. The molecular formula is C15H18N2O2. The van der Waals surface area contributed by atoms with E-state index in [1.807, 2.05) is 12.3 Å². The lowest BCUT2D eigenvalue weighted by Gasteiger charge is -2.24. The number of hydrogen-bond acceptors (Lipinski definition) is 2. The second kappa shape index (κ2) is 4.70. The van der Waals surface area contributed by atoms with E-state index in [0.717, 1.165) is 42.3 Å². The van der Waals surface area contributed by atoms with Crippen molar-refractivity contribution in [2.45, 2.75) is 32.2 Å². The summed E-state index contributed by atoms with van der Waals surface area (Å²) in [6.45, 7) is 3.11. The first kappa shape index (κ1) is 12.2. The molecule has 1 aliphatic carbocycles. The van der Waals surface area contributed by atoms with Crippen molar-refractivity contribution in [3.63, 3.8) is 0 Å². The zero-order valence-electron chi connectivity index (χ0n) is 11.0. The van der Waals surface area contributed by atoms with Gasteiger partial charge < -0.3 is 15.4 Å². The van der Waals surface area contributed by atoms with Crippen LogP contribution in [0.5, 0.6) is 0 Å². The van der Waals surface area contributed by atoms with Gasteiger partial charge >= 0.3 is 5.97 Å². The van der Waals surface area contributed by atoms with Crippen LogP contribution in [0.1, 0.15) is 34.8 Å². The van der Waals surface area contributed by atoms with Crippen molar-refractivity contribution >= 4 is 16.9 Å². The quantitative estimate of drug-likeness (QED) is 0.788. The van der Waals surface area contributed by atoms with E-state index in [9.17, 15) is 9.90 Å². The van der Waals surface area contributed by atoms with Crippen LogP contribution in [0.3, 0.4) is 0 Å². The van der Waals surface area contributed by atoms with E-state index in [-0.39, 0.29) is 0 Å². The van der Waals surface area contributed by atoms with Crippen molar-refractivity contribution < 1.29 is 9.90 Å². The number of aromatic nitrogens is 1. The fraction of sp³-hybridized carbons (Fsp3) is 0.400. The first-order chi connectivity index (χ1) is 9.20. The fourth-order valence-electron chi connectivity index (χ4n) is 3.02. The van der Waals surface area contributed by atoms with Crippen molar-refractivity contribution in [1.82, 2.24) is 10.3 Å². The monoisotopic (exact) mass is 258 g/mol. The Hall–Kier alpha value is -1.81. The molecule has 0 saturated heterocycles. The van der Waals surface area contributed by atoms with Crippen LogP contribution >= 0.6 is 0 Å². The van der Waals surface area contributed by atoms with Gasteiger partial charge in [0.25, 0.3) is 0 Å². The molecule has 0 bridgehead atoms. The second-order valence-electron chi connectivity index (χ2n) is 5.19. The van der Waals surface area contributed by atoms with Crippen LogP contribution in [-0.4, -0.2) is 28.6 Å². The zero-order valence-corrected chi connectivity index (χ0v) is 11.0. The first-order valence-electron chi connectivity index (χ1n) is 6.79. The van der Waals surface area contributed by atoms with Crippen LogP contribution < -0.4 is 5.32 Å². The minimum Gasteiger partial charge on any atom is -0.478 e. The topological polar surface area (TPSA) is 65.1 Å². The van der Waals surface area contributed by atoms with Gasteiger partial charge in [0.05, 0.1) is 5.56 Å². The summed E-state index contributed by atoms with van der Waals surface area (Å²) in [5, 5.41) is 14.0. The summed E-state index contributed by atoms with van der Waals surface area (Å²) in [5.74, 6) is -0.833. The average Bonchev–Trinajstić information content (AvgIpc) is 2.81. The lowest BCUT2D eigenvalue weighted by molar-refractivity contribution is 0.0695. The van der Waals surface area contributed by atoms with Crippen molar-refractivity contribution in [2.75, 3.05) is 6.54 Å². The number of carboxylic acid groups (broad SMARTS) is 1. The molecule has 1 aromatic carbocycles. The maximum Gasteiger partial charge on any atom is 0.335 e. The SMILES string of the molecule is CCCNC1Cc2c[nH]c3ccc(C(=O)O)c(c23)C1. The normalized spacial score (nSPS) is 17.8. The van der Waals surface area contributed by atoms with Crippen LogP contribution in [0.15, 0.2) is 18.3 Å². The molecule has 3 N–H and O–H groups in total. The van der Waals surface area contributed by atoms with Crippen molar-refractivity contribution in [3.8, 4) is 0 Å². The number of carboxylic acids is 1. The Balaban J connectivity index is 2.06. The minimum atomic E-state index is -0.833. The van der Waals surface area contributed by atoms with E-state index in [1.54, 1.807) is 6.07 Å². The van der Waals surface area contributed by atoms with Gasteiger partial charge in [-0.2, -0.15) is 0 Å². The fourth-order valence-corrected chi connectivity index (χ4v) is 3.02. The molecule has 1 aliphatic rings. The second-order valence-corrected chi connectivity index (χ2v) is 5.19. The van der Waals surface area contributed by atoms with Crippen LogP contribution in [0, 0.1) is 0 Å². The third-order valence-corrected chi connectivity index (χ3v) is 3.87. The standard InChI is InChI=1S/C15H18N2O2/c1-2-5-16-10-6-9-8-17-13-4-3-11(15(18)19)12(7-10)14(9)13/h3-4,8,10,16-17H,2,5-7H2,1H3,(H,18,19). The molecule has 1 unspecified atom stereocenters. The Morgan fingerprint density at radius 1 is 1.47 bits per heavy atom. The van der Waals surface area contributed by atoms with E-state index < -0.39 is 5.97 Å². The highest BCUT2D eigenvalue weighted by molar-refractivity contribution is 5.98. The summed E-state index contributed by atoms with van der Waals surface area (Å²) in [7, 11) is 0. The van der Waals surface area contributed by atoms with Crippen molar-refractivity contribution in [2.24, 2.45) is 0 Å². The molecule has 19 heavy (non-hydrogen) atoms. The Morgan fingerprint density at radius 2 is 2.32 bits per heavy atom. The third kappa shape index (κ3) is 2.02. The molecule has 0 radical (unpaired) electrons. The molecule has 100 valence electrons. The van der Waals surface area contributed by atoms with Gasteiger partial charge in [0.15, 0.2) is 0 Å². The van der Waals surface area contributed by atoms with E-state index in [4.69, 9.17) is 0 Å². The number of carbonyl (C=O) groups is 1. The highest BCUT2D eigenvalue weighted by atomic mass is 16.4. The maximum absolute atomic E-state index is 11.4. The number of aromatic amines is 1. The van der Waals surface area contributed by atoms with E-state index >= 15 is 0 Å². The minimum absolute atomic E-state index is 0.340. The molecule has 2 aromatic rings. The first-order valence-corrected chi connectivity index (χ1v) is 6.79. The molecule has 4 nitrogen and oxygen atoms in total. The predicted octanol–water partition coefficient (Wildman–Crippen LogP) is 2.33. The van der Waals surface area contributed by atoms with Gasteiger partial charge in [0.1, 0.15) is 0 Å². The molecule has 0 spiro atoms. The molecule has 1 heterocycles. The predicted molar refractivity (Wildman–Crippen MR) is 74.7 cm³/mol. The van der Waals surface area contributed by atoms with Crippen molar-refractivity contribution in [3.05, 3.63) is 35.0 Å². The average molecular weight is 258 g/mol. The van der Waals surface area contributed by atoms with Crippen LogP contribution in [0.2, 0.25) is 0 Å². The third-order valence-electron chi connectivity index (χ3n) is 3.87. The summed E-state index contributed by atoms with van der Waals surface area (Å²) in [4.78, 5) is 14.6. The molecule has 0 amide bonds. The van der Waals surface area contributed by atoms with E-state index in [0.29, 0.717) is 11.6 Å². The number of nitrogens with one attached hydrogen (secondary N) is 2. The highest BCUT2D eigenvalue weighted by Gasteiger charge is 2.25. The summed E-state index contributed by atoms with van der Waals surface area (Å²) >= 11 is 0. The lowest BCUT2D eigenvalue weighted by atomic mass is 9.86. The molecule has 3 rings (SSSR count). The number of rotatable bonds is 4. The van der Waals surface area contributed by atoms with Gasteiger partial charge in [-0.3, -0.25) is 0 Å². The molecular weight excluding hydrogens is 240 g/mol. The van der Waals surface area contributed by atoms with E-state index in [1.165, 1.54) is 5.56 Å². The summed E-state index contributed by atoms with van der Waals surface area (Å²) < 4.78 is 0. The molecule has 0 saturated carbocycles. The highest BCUT2D eigenvalue weighted by Crippen LogP contribution is 2.32. The zero-order chi connectivity index (χ0) is 13.4. The van der Waals surface area contributed by atoms with Gasteiger partial charge in [-0.1, -0.05) is 6.92 Å². The Kier molecular flexibility index (Phi) is 3.03. The number of hydrogen-bond donors (Lipinski definition) is 3. The van der Waals surface area contributed by atoms with Crippen LogP contribution in [0.25, 0.3) is 10.9 Å². The summed E-state index contributed by atoms with van der Waals surface area (Å²) in [6.07, 6.45) is 4.87. The number of aromatic carboxylic acids is 1. The Morgan fingerprint density at radius 3 is 3.05 bits per heavy atom. The molecule has 0 fully saturated rings. The van der Waals surface area contributed by atoms with Gasteiger partial charge in [-0.05, 0) is 49.1 Å². The van der Waals surface area contributed by atoms with Crippen molar-refractivity contribution in [1.29, 1.82) is 0 Å². The largest absolute Gasteiger partial charge is 0.478 e. The maximum atomic E-state index is 11.4.